The number of ether oxygens (including phenoxy) is 1. The molecule has 39 heavy (non-hydrogen) atoms. The van der Waals surface area contributed by atoms with Gasteiger partial charge < -0.3 is 14.2 Å². The Labute approximate surface area is 230 Å². The van der Waals surface area contributed by atoms with Crippen LogP contribution in [0.4, 0.5) is 5.69 Å². The summed E-state index contributed by atoms with van der Waals surface area (Å²) in [5, 5.41) is 8.38. The molecule has 4 aliphatic rings. The highest BCUT2D eigenvalue weighted by atomic mass is 16.5. The molecule has 204 valence electrons. The van der Waals surface area contributed by atoms with Crippen molar-refractivity contribution in [2.75, 3.05) is 31.2 Å². The second-order valence-electron chi connectivity index (χ2n) is 12.4. The molecule has 3 fully saturated rings. The van der Waals surface area contributed by atoms with Gasteiger partial charge in [0.05, 0.1) is 25.5 Å². The number of piperidine rings is 1. The molecule has 7 rings (SSSR count). The van der Waals surface area contributed by atoms with Crippen LogP contribution >= 0.6 is 0 Å². The third-order valence-corrected chi connectivity index (χ3v) is 9.42. The number of fused-ring (bicyclic) bond motifs is 1. The van der Waals surface area contributed by atoms with E-state index in [1.165, 1.54) is 31.2 Å². The van der Waals surface area contributed by atoms with Crippen molar-refractivity contribution in [1.82, 2.24) is 24.6 Å². The molecular formula is C31H38N6O2. The summed E-state index contributed by atoms with van der Waals surface area (Å²) in [4.78, 5) is 23.7. The highest BCUT2D eigenvalue weighted by Gasteiger charge is 2.43. The number of aromatic nitrogens is 4. The number of nitrogens with zero attached hydrogens (tertiary/aromatic N) is 6. The number of hydrogen-bond acceptors (Lipinski definition) is 6. The third kappa shape index (κ3) is 4.38. The van der Waals surface area contributed by atoms with Gasteiger partial charge in [-0.25, -0.2) is 0 Å². The molecule has 0 unspecified atom stereocenters. The van der Waals surface area contributed by atoms with Gasteiger partial charge in [-0.15, -0.1) is 10.2 Å². The highest BCUT2D eigenvalue weighted by Crippen LogP contribution is 2.45. The lowest BCUT2D eigenvalue weighted by atomic mass is 9.75. The Bertz CT molecular complexity index is 1410. The molecule has 1 saturated carbocycles. The van der Waals surface area contributed by atoms with Crippen molar-refractivity contribution < 1.29 is 9.53 Å². The van der Waals surface area contributed by atoms with E-state index in [1.807, 2.05) is 16.5 Å². The molecule has 8 heteroatoms. The lowest BCUT2D eigenvalue weighted by Crippen LogP contribution is -2.49. The van der Waals surface area contributed by atoms with Crippen LogP contribution in [0.5, 0.6) is 0 Å². The molecular weight excluding hydrogens is 488 g/mol. The van der Waals surface area contributed by atoms with Crippen LogP contribution in [-0.2, 0) is 30.2 Å². The number of likely N-dealkylation sites (tertiary alicyclic amines) is 1. The fraction of sp³-hybridized carbons (Fsp3) is 0.548. The maximum absolute atomic E-state index is 14.0. The standard InChI is InChI=1S/C31H38N6O2/c1-20-6-5-11-36(15-20)21(2)27-13-25-26(29(33-27)22-9-10-22)16-37(30(25)38)24-8-4-7-23(12-24)31(17-39-18-31)14-28-34-32-19-35(28)3/h4,7-8,12-13,19-22H,5-6,9-11,14-18H2,1-3H3/t20-,21-/m0/s1. The molecule has 8 nitrogen and oxygen atoms in total. The fourth-order valence-electron chi connectivity index (χ4n) is 6.72. The Hall–Kier alpha value is -3.10. The summed E-state index contributed by atoms with van der Waals surface area (Å²) in [5.41, 5.74) is 6.19. The van der Waals surface area contributed by atoms with Crippen molar-refractivity contribution in [2.24, 2.45) is 13.0 Å². The Kier molecular flexibility index (Phi) is 6.08. The summed E-state index contributed by atoms with van der Waals surface area (Å²) in [6, 6.07) is 10.8. The molecule has 2 atom stereocenters. The number of aryl methyl sites for hydroxylation is 1. The quantitative estimate of drug-likeness (QED) is 0.450. The van der Waals surface area contributed by atoms with Crippen LogP contribution in [0.3, 0.4) is 0 Å². The van der Waals surface area contributed by atoms with Crippen LogP contribution in [0.2, 0.25) is 0 Å². The summed E-state index contributed by atoms with van der Waals surface area (Å²) in [5.74, 6) is 2.24. The number of benzene rings is 1. The number of rotatable bonds is 7. The average molecular weight is 527 g/mol. The first-order valence-electron chi connectivity index (χ1n) is 14.5. The number of hydrogen-bond donors (Lipinski definition) is 0. The van der Waals surface area contributed by atoms with Crippen LogP contribution in [0, 0.1) is 5.92 Å². The normalized spacial score (nSPS) is 23.5. The Morgan fingerprint density at radius 1 is 1.18 bits per heavy atom. The van der Waals surface area contributed by atoms with E-state index in [2.05, 4.69) is 59.3 Å². The van der Waals surface area contributed by atoms with E-state index in [0.717, 1.165) is 53.5 Å². The summed E-state index contributed by atoms with van der Waals surface area (Å²) in [6.07, 6.45) is 7.38. The molecule has 0 radical (unpaired) electrons. The molecule has 3 aromatic rings. The lowest BCUT2D eigenvalue weighted by molar-refractivity contribution is -0.0611. The molecule has 0 spiro atoms. The van der Waals surface area contributed by atoms with Crippen molar-refractivity contribution >= 4 is 11.6 Å². The number of pyridine rings is 1. The molecule has 1 amide bonds. The van der Waals surface area contributed by atoms with Crippen molar-refractivity contribution in [2.45, 2.75) is 69.9 Å². The monoisotopic (exact) mass is 526 g/mol. The summed E-state index contributed by atoms with van der Waals surface area (Å²) in [7, 11) is 1.98. The molecule has 1 aromatic carbocycles. The van der Waals surface area contributed by atoms with Crippen LogP contribution in [-0.4, -0.2) is 56.9 Å². The summed E-state index contributed by atoms with van der Waals surface area (Å²) in [6.45, 7) is 8.70. The first-order chi connectivity index (χ1) is 18.9. The van der Waals surface area contributed by atoms with E-state index in [-0.39, 0.29) is 17.4 Å². The molecule has 0 bridgehead atoms. The molecule has 5 heterocycles. The fourth-order valence-corrected chi connectivity index (χ4v) is 6.72. The Balaban J connectivity index is 1.19. The molecule has 3 aliphatic heterocycles. The zero-order valence-electron chi connectivity index (χ0n) is 23.3. The second-order valence-corrected chi connectivity index (χ2v) is 12.4. The van der Waals surface area contributed by atoms with Gasteiger partial charge >= 0.3 is 0 Å². The molecule has 1 aliphatic carbocycles. The van der Waals surface area contributed by atoms with E-state index in [9.17, 15) is 4.79 Å². The maximum Gasteiger partial charge on any atom is 0.259 e. The van der Waals surface area contributed by atoms with Gasteiger partial charge in [-0.3, -0.25) is 14.7 Å². The predicted molar refractivity (Wildman–Crippen MR) is 149 cm³/mol. The van der Waals surface area contributed by atoms with Gasteiger partial charge in [0.2, 0.25) is 0 Å². The van der Waals surface area contributed by atoms with E-state index in [1.54, 1.807) is 6.33 Å². The highest BCUT2D eigenvalue weighted by molar-refractivity contribution is 6.10. The Morgan fingerprint density at radius 2 is 2.03 bits per heavy atom. The third-order valence-electron chi connectivity index (χ3n) is 9.42. The predicted octanol–water partition coefficient (Wildman–Crippen LogP) is 4.55. The summed E-state index contributed by atoms with van der Waals surface area (Å²) < 4.78 is 7.68. The van der Waals surface area contributed by atoms with Crippen molar-refractivity contribution in [3.8, 4) is 0 Å². The van der Waals surface area contributed by atoms with E-state index in [0.29, 0.717) is 31.6 Å². The first kappa shape index (κ1) is 24.9. The minimum absolute atomic E-state index is 0.0964. The molecule has 2 aromatic heterocycles. The van der Waals surface area contributed by atoms with Gasteiger partial charge in [0.15, 0.2) is 0 Å². The zero-order valence-corrected chi connectivity index (χ0v) is 23.3. The zero-order chi connectivity index (χ0) is 26.7. The van der Waals surface area contributed by atoms with Crippen molar-refractivity contribution in [3.05, 3.63) is 70.6 Å². The van der Waals surface area contributed by atoms with E-state index in [4.69, 9.17) is 9.72 Å². The van der Waals surface area contributed by atoms with Gasteiger partial charge in [-0.1, -0.05) is 19.1 Å². The van der Waals surface area contributed by atoms with Gasteiger partial charge in [-0.2, -0.15) is 0 Å². The van der Waals surface area contributed by atoms with E-state index < -0.39 is 0 Å². The van der Waals surface area contributed by atoms with E-state index >= 15 is 0 Å². The van der Waals surface area contributed by atoms with Crippen LogP contribution < -0.4 is 4.90 Å². The van der Waals surface area contributed by atoms with Crippen molar-refractivity contribution in [3.63, 3.8) is 0 Å². The van der Waals surface area contributed by atoms with Gasteiger partial charge in [0.25, 0.3) is 5.91 Å². The smallest absolute Gasteiger partial charge is 0.259 e. The van der Waals surface area contributed by atoms with Gasteiger partial charge in [0, 0.05) is 59.9 Å². The van der Waals surface area contributed by atoms with Crippen LogP contribution in [0.15, 0.2) is 36.7 Å². The number of carbonyl (C=O) groups is 1. The topological polar surface area (TPSA) is 76.4 Å². The number of carbonyl (C=O) groups excluding carboxylic acids is 1. The summed E-state index contributed by atoms with van der Waals surface area (Å²) >= 11 is 0. The minimum Gasteiger partial charge on any atom is -0.379 e. The minimum atomic E-state index is -0.151. The van der Waals surface area contributed by atoms with Crippen molar-refractivity contribution in [1.29, 1.82) is 0 Å². The SMILES string of the molecule is C[C@H]1CCCN([C@@H](C)c2cc3c(c(C4CC4)n2)CN(c2cccc(C4(Cc5nncn5C)COC4)c2)C3=O)C1. The first-order valence-corrected chi connectivity index (χ1v) is 14.5. The van der Waals surface area contributed by atoms with Gasteiger partial charge in [-0.05, 0) is 68.8 Å². The maximum atomic E-state index is 14.0. The number of amides is 1. The molecule has 0 N–H and O–H groups in total. The lowest BCUT2D eigenvalue weighted by Gasteiger charge is -2.42. The largest absolute Gasteiger partial charge is 0.379 e. The van der Waals surface area contributed by atoms with Gasteiger partial charge in [0.1, 0.15) is 12.2 Å². The van der Waals surface area contributed by atoms with Crippen LogP contribution in [0.25, 0.3) is 0 Å². The molecule has 2 saturated heterocycles. The Morgan fingerprint density at radius 3 is 2.72 bits per heavy atom. The van der Waals surface area contributed by atoms with Crippen LogP contribution in [0.1, 0.15) is 90.2 Å². The average Bonchev–Trinajstić information content (AvgIpc) is 3.61. The number of anilines is 1. The second kappa shape index (κ2) is 9.52.